The van der Waals surface area contributed by atoms with E-state index in [-0.39, 0.29) is 0 Å². The molecule has 0 aromatic carbocycles. The largest absolute Gasteiger partial charge is 0.259 e. The molecule has 0 N–H and O–H groups in total. The van der Waals surface area contributed by atoms with Gasteiger partial charge in [-0.1, -0.05) is 0 Å². The molecule has 1 nitrogen and oxygen atoms in total. The zero-order valence-corrected chi connectivity index (χ0v) is 5.40. The van der Waals surface area contributed by atoms with E-state index < -0.39 is 10.0 Å². The molecule has 0 unspecified atom stereocenters. The fourth-order valence-corrected chi connectivity index (χ4v) is 1.26. The van der Waals surface area contributed by atoms with Crippen molar-refractivity contribution in [1.82, 2.24) is 0 Å². The van der Waals surface area contributed by atoms with Crippen LogP contribution in [-0.2, 0) is 0 Å². The van der Waals surface area contributed by atoms with Gasteiger partial charge in [-0.2, -0.15) is 10.0 Å². The molecule has 0 amide bonds. The van der Waals surface area contributed by atoms with Crippen molar-refractivity contribution >= 4 is 15.6 Å². The van der Waals surface area contributed by atoms with Crippen molar-refractivity contribution < 1.29 is 0 Å². The molecule has 0 aromatic rings. The van der Waals surface area contributed by atoms with Crippen LogP contribution < -0.4 is 0 Å². The van der Waals surface area contributed by atoms with Crippen LogP contribution in [0.5, 0.6) is 0 Å². The Kier molecular flexibility index (Phi) is 0.961. The van der Waals surface area contributed by atoms with Crippen molar-refractivity contribution in [3.63, 3.8) is 0 Å². The maximum absolute atomic E-state index is 3.97. The molecule has 1 aliphatic heterocycles. The lowest BCUT2D eigenvalue weighted by molar-refractivity contribution is 1.65. The first kappa shape index (κ1) is 4.91. The summed E-state index contributed by atoms with van der Waals surface area (Å²) < 4.78 is 0. The quantitative estimate of drug-likeness (QED) is 0.454. The van der Waals surface area contributed by atoms with E-state index in [1.54, 1.807) is 0 Å². The van der Waals surface area contributed by atoms with Gasteiger partial charge in [0.05, 0.1) is 0 Å². The minimum Gasteiger partial charge on any atom is -0.259 e. The van der Waals surface area contributed by atoms with Gasteiger partial charge in [0.15, 0.2) is 0 Å². The third-order valence-electron chi connectivity index (χ3n) is 0.830. The number of rotatable bonds is 0. The predicted molar refractivity (Wildman–Crippen MR) is 37.1 cm³/mol. The lowest BCUT2D eigenvalue weighted by Gasteiger charge is -2.14. The van der Waals surface area contributed by atoms with Crippen LogP contribution in [0, 0.1) is 0 Å². The Balaban J connectivity index is 2.77. The Labute approximate surface area is 45.5 Å². The van der Waals surface area contributed by atoms with Crippen molar-refractivity contribution in [2.45, 2.75) is 0 Å². The first-order valence-electron chi connectivity index (χ1n) is 2.14. The molecule has 0 saturated carbocycles. The summed E-state index contributed by atoms with van der Waals surface area (Å²) in [6.07, 6.45) is 6.29. The van der Waals surface area contributed by atoms with E-state index in [4.69, 9.17) is 0 Å². The first-order chi connectivity index (χ1) is 3.21. The molecular weight excluding hydrogens is 106 g/mol. The summed E-state index contributed by atoms with van der Waals surface area (Å²) in [4.78, 5) is 3.97. The number of aliphatic imine (C=N–C) groups is 1. The molecule has 0 radical (unpaired) electrons. The zero-order valence-electron chi connectivity index (χ0n) is 4.59. The zero-order chi connectivity index (χ0) is 5.33. The molecule has 0 fully saturated rings. The molecule has 0 aliphatic carbocycles. The lowest BCUT2D eigenvalue weighted by Crippen LogP contribution is -1.84. The minimum absolute atomic E-state index is 0.519. The third-order valence-corrected chi connectivity index (χ3v) is 2.32. The monoisotopic (exact) mass is 115 g/mol. The van der Waals surface area contributed by atoms with Crippen molar-refractivity contribution in [2.24, 2.45) is 4.99 Å². The first-order valence-corrected chi connectivity index (χ1v) is 4.71. The van der Waals surface area contributed by atoms with Crippen LogP contribution in [0.4, 0.5) is 0 Å². The van der Waals surface area contributed by atoms with E-state index in [0.29, 0.717) is 0 Å². The predicted octanol–water partition coefficient (Wildman–Crippen LogP) is 1.56. The highest BCUT2D eigenvalue weighted by atomic mass is 32.3. The Morgan fingerprint density at radius 1 is 1.43 bits per heavy atom. The molecule has 7 heavy (non-hydrogen) atoms. The van der Waals surface area contributed by atoms with Gasteiger partial charge in [-0.15, -0.1) is 0 Å². The lowest BCUT2D eigenvalue weighted by atomic mass is 11.1. The smallest absolute Gasteiger partial charge is 0.0457 e. The molecule has 0 saturated heterocycles. The Hall–Kier alpha value is -0.240. The van der Waals surface area contributed by atoms with Crippen LogP contribution in [0.3, 0.4) is 0 Å². The van der Waals surface area contributed by atoms with E-state index in [9.17, 15) is 0 Å². The summed E-state index contributed by atoms with van der Waals surface area (Å²) in [6, 6.07) is 0. The molecule has 0 bridgehead atoms. The van der Waals surface area contributed by atoms with Crippen LogP contribution in [0.15, 0.2) is 16.6 Å². The van der Waals surface area contributed by atoms with Gasteiger partial charge in [-0.05, 0) is 17.9 Å². The van der Waals surface area contributed by atoms with Gasteiger partial charge in [-0.3, -0.25) is 4.99 Å². The number of nitrogens with zero attached hydrogens (tertiary/aromatic N) is 1. The molecular formula is C5H9NS. The summed E-state index contributed by atoms with van der Waals surface area (Å²) in [5.74, 6) is 0. The van der Waals surface area contributed by atoms with Crippen molar-refractivity contribution in [2.75, 3.05) is 12.5 Å². The van der Waals surface area contributed by atoms with E-state index >= 15 is 0 Å². The van der Waals surface area contributed by atoms with Gasteiger partial charge in [0, 0.05) is 11.7 Å². The normalized spacial score (nSPS) is 28.3. The van der Waals surface area contributed by atoms with Gasteiger partial charge in [0.25, 0.3) is 0 Å². The van der Waals surface area contributed by atoms with Crippen LogP contribution in [0.2, 0.25) is 0 Å². The summed E-state index contributed by atoms with van der Waals surface area (Å²) in [5, 5.41) is 2.16. The number of hydrogen-bond donors (Lipinski definition) is 0. The highest BCUT2D eigenvalue weighted by Crippen LogP contribution is 2.40. The standard InChI is InChI=1S/C5H9NS/c1-7(2)4-3-6-5-7/h3-5H,1-2H3. The second kappa shape index (κ2) is 1.37. The summed E-state index contributed by atoms with van der Waals surface area (Å²) in [7, 11) is -0.519. The van der Waals surface area contributed by atoms with Gasteiger partial charge in [0.2, 0.25) is 0 Å². The van der Waals surface area contributed by atoms with Crippen LogP contribution in [0.1, 0.15) is 0 Å². The maximum Gasteiger partial charge on any atom is 0.0457 e. The molecule has 0 aromatic heterocycles. The Bertz CT molecular complexity index is 110. The van der Waals surface area contributed by atoms with E-state index in [0.717, 1.165) is 0 Å². The Morgan fingerprint density at radius 3 is 2.29 bits per heavy atom. The molecule has 40 valence electrons. The van der Waals surface area contributed by atoms with Gasteiger partial charge in [-0.25, -0.2) is 0 Å². The van der Waals surface area contributed by atoms with Crippen molar-refractivity contribution in [3.05, 3.63) is 11.6 Å². The minimum atomic E-state index is -0.519. The third kappa shape index (κ3) is 1.06. The van der Waals surface area contributed by atoms with Crippen LogP contribution in [0.25, 0.3) is 0 Å². The molecule has 2 heteroatoms. The average Bonchev–Trinajstić information content (AvgIpc) is 1.84. The molecule has 1 rings (SSSR count). The molecule has 1 heterocycles. The summed E-state index contributed by atoms with van der Waals surface area (Å²) in [6.45, 7) is 0. The van der Waals surface area contributed by atoms with Gasteiger partial charge >= 0.3 is 0 Å². The molecule has 1 aliphatic rings. The SMILES string of the molecule is CS1(C)C=CN=C1. The molecule has 0 atom stereocenters. The van der Waals surface area contributed by atoms with Crippen molar-refractivity contribution in [3.8, 4) is 0 Å². The van der Waals surface area contributed by atoms with Gasteiger partial charge in [0.1, 0.15) is 0 Å². The maximum atomic E-state index is 3.97. The van der Waals surface area contributed by atoms with Crippen LogP contribution >= 0.6 is 10.0 Å². The van der Waals surface area contributed by atoms with Gasteiger partial charge < -0.3 is 0 Å². The fraction of sp³-hybridized carbons (Fsp3) is 0.400. The fourth-order valence-electron chi connectivity index (χ4n) is 0.419. The molecule has 0 spiro atoms. The Morgan fingerprint density at radius 2 is 2.14 bits per heavy atom. The number of hydrogen-bond acceptors (Lipinski definition) is 1. The highest BCUT2D eigenvalue weighted by Gasteiger charge is 2.04. The summed E-state index contributed by atoms with van der Waals surface area (Å²) in [5.41, 5.74) is 2.02. The van der Waals surface area contributed by atoms with E-state index in [1.807, 2.05) is 11.7 Å². The van der Waals surface area contributed by atoms with E-state index in [1.165, 1.54) is 0 Å². The van der Waals surface area contributed by atoms with Crippen molar-refractivity contribution in [1.29, 1.82) is 0 Å². The highest BCUT2D eigenvalue weighted by molar-refractivity contribution is 8.45. The average molecular weight is 115 g/mol. The second-order valence-corrected chi connectivity index (χ2v) is 5.48. The topological polar surface area (TPSA) is 12.4 Å². The summed E-state index contributed by atoms with van der Waals surface area (Å²) >= 11 is 0. The van der Waals surface area contributed by atoms with Crippen LogP contribution in [-0.4, -0.2) is 18.1 Å². The van der Waals surface area contributed by atoms with E-state index in [2.05, 4.69) is 22.9 Å². The second-order valence-electron chi connectivity index (χ2n) is 2.03.